The molecule has 0 aliphatic rings. The minimum Gasteiger partial charge on any atom is -0.463 e. The van der Waals surface area contributed by atoms with Crippen LogP contribution in [-0.4, -0.2) is 49.2 Å². The summed E-state index contributed by atoms with van der Waals surface area (Å²) in [5.41, 5.74) is 0. The Morgan fingerprint density at radius 1 is 1.35 bits per heavy atom. The molecule has 0 amide bonds. The molecule has 98 valence electrons. The van der Waals surface area contributed by atoms with Gasteiger partial charge in [-0.15, -0.1) is 5.10 Å². The molecular formula is C8H16N4O4S. The van der Waals surface area contributed by atoms with Crippen LogP contribution < -0.4 is 9.46 Å². The molecule has 0 aliphatic carbocycles. The molecule has 0 aromatic carbocycles. The Bertz CT molecular complexity index is 430. The van der Waals surface area contributed by atoms with E-state index >= 15 is 0 Å². The summed E-state index contributed by atoms with van der Waals surface area (Å²) in [5.74, 6) is -0.101. The van der Waals surface area contributed by atoms with Crippen molar-refractivity contribution >= 4 is 16.0 Å². The van der Waals surface area contributed by atoms with Crippen molar-refractivity contribution < 1.29 is 17.9 Å². The van der Waals surface area contributed by atoms with Crippen molar-refractivity contribution in [2.75, 3.05) is 30.3 Å². The van der Waals surface area contributed by atoms with E-state index in [0.29, 0.717) is 13.2 Å². The predicted molar refractivity (Wildman–Crippen MR) is 61.5 cm³/mol. The molecule has 0 saturated heterocycles. The highest BCUT2D eigenvalue weighted by atomic mass is 32.2. The maximum absolute atomic E-state index is 11.5. The third-order valence-corrected chi connectivity index (χ3v) is 2.90. The molecule has 1 rings (SSSR count). The van der Waals surface area contributed by atoms with Crippen LogP contribution in [0.1, 0.15) is 13.8 Å². The molecule has 0 saturated carbocycles. The number of aromatic nitrogens is 3. The van der Waals surface area contributed by atoms with Crippen LogP contribution in [0, 0.1) is 0 Å². The fourth-order valence-electron chi connectivity index (χ4n) is 0.997. The summed E-state index contributed by atoms with van der Waals surface area (Å²) in [4.78, 5) is 3.79. The average Bonchev–Trinajstić information content (AvgIpc) is 2.65. The molecule has 0 spiro atoms. The minimum absolute atomic E-state index is 0.0324. The lowest BCUT2D eigenvalue weighted by Crippen LogP contribution is -2.20. The van der Waals surface area contributed by atoms with Gasteiger partial charge in [-0.3, -0.25) is 4.72 Å². The minimum atomic E-state index is -3.47. The summed E-state index contributed by atoms with van der Waals surface area (Å²) in [6.07, 6.45) is 0. The number of nitrogens with zero attached hydrogens (tertiary/aromatic N) is 2. The molecule has 0 unspecified atom stereocenters. The second kappa shape index (κ2) is 6.40. The molecule has 17 heavy (non-hydrogen) atoms. The molecule has 1 aromatic rings. The van der Waals surface area contributed by atoms with Gasteiger partial charge in [0.15, 0.2) is 0 Å². The Morgan fingerprint density at radius 2 is 2.12 bits per heavy atom. The summed E-state index contributed by atoms with van der Waals surface area (Å²) < 4.78 is 35.2. The average molecular weight is 264 g/mol. The Labute approximate surface area is 99.8 Å². The molecule has 0 fully saturated rings. The zero-order valence-electron chi connectivity index (χ0n) is 9.76. The first-order valence-corrected chi connectivity index (χ1v) is 6.86. The fraction of sp³-hybridized carbons (Fsp3) is 0.750. The SMILES string of the molecule is CCOCCS(=O)(=O)Nc1nc(OCC)n[nH]1. The smallest absolute Gasteiger partial charge is 0.337 e. The lowest BCUT2D eigenvalue weighted by molar-refractivity contribution is 0.163. The van der Waals surface area contributed by atoms with Crippen LogP contribution in [0.4, 0.5) is 5.95 Å². The molecule has 1 aromatic heterocycles. The quantitative estimate of drug-likeness (QED) is 0.639. The van der Waals surface area contributed by atoms with E-state index in [-0.39, 0.29) is 24.3 Å². The Morgan fingerprint density at radius 3 is 2.76 bits per heavy atom. The first-order chi connectivity index (χ1) is 8.07. The van der Waals surface area contributed by atoms with E-state index in [9.17, 15) is 8.42 Å². The van der Waals surface area contributed by atoms with E-state index in [1.807, 2.05) is 0 Å². The number of nitrogens with one attached hydrogen (secondary N) is 2. The van der Waals surface area contributed by atoms with Crippen molar-refractivity contribution in [3.63, 3.8) is 0 Å². The third kappa shape index (κ3) is 5.00. The topological polar surface area (TPSA) is 106 Å². The lowest BCUT2D eigenvalue weighted by Gasteiger charge is -2.04. The third-order valence-electron chi connectivity index (χ3n) is 1.69. The van der Waals surface area contributed by atoms with Gasteiger partial charge in [-0.05, 0) is 13.8 Å². The first-order valence-electron chi connectivity index (χ1n) is 5.20. The number of sulfonamides is 1. The maximum Gasteiger partial charge on any atom is 0.337 e. The van der Waals surface area contributed by atoms with Crippen LogP contribution in [-0.2, 0) is 14.8 Å². The van der Waals surface area contributed by atoms with E-state index in [0.717, 1.165) is 0 Å². The van der Waals surface area contributed by atoms with Gasteiger partial charge in [-0.25, -0.2) is 13.5 Å². The van der Waals surface area contributed by atoms with E-state index in [1.54, 1.807) is 13.8 Å². The summed E-state index contributed by atoms with van der Waals surface area (Å²) in [6.45, 7) is 4.60. The molecule has 0 radical (unpaired) electrons. The lowest BCUT2D eigenvalue weighted by atomic mass is 10.8. The van der Waals surface area contributed by atoms with E-state index < -0.39 is 10.0 Å². The number of rotatable bonds is 8. The number of aromatic amines is 1. The molecule has 1 heterocycles. The summed E-state index contributed by atoms with van der Waals surface area (Å²) in [5, 5.41) is 6.09. The van der Waals surface area contributed by atoms with E-state index in [4.69, 9.17) is 9.47 Å². The van der Waals surface area contributed by atoms with Crippen LogP contribution in [0.5, 0.6) is 6.01 Å². The van der Waals surface area contributed by atoms with Gasteiger partial charge in [0, 0.05) is 6.61 Å². The molecule has 0 aliphatic heterocycles. The largest absolute Gasteiger partial charge is 0.463 e. The van der Waals surface area contributed by atoms with E-state index in [2.05, 4.69) is 19.9 Å². The van der Waals surface area contributed by atoms with Gasteiger partial charge in [-0.1, -0.05) is 0 Å². The van der Waals surface area contributed by atoms with Gasteiger partial charge < -0.3 is 9.47 Å². The highest BCUT2D eigenvalue weighted by molar-refractivity contribution is 7.92. The van der Waals surface area contributed by atoms with Crippen LogP contribution in [0.2, 0.25) is 0 Å². The Balaban J connectivity index is 2.50. The monoisotopic (exact) mass is 264 g/mol. The summed E-state index contributed by atoms with van der Waals surface area (Å²) >= 11 is 0. The summed E-state index contributed by atoms with van der Waals surface area (Å²) in [7, 11) is -3.47. The van der Waals surface area contributed by atoms with Gasteiger partial charge in [0.05, 0.1) is 19.0 Å². The first kappa shape index (κ1) is 13.7. The van der Waals surface area contributed by atoms with Crippen molar-refractivity contribution in [2.45, 2.75) is 13.8 Å². The standard InChI is InChI=1S/C8H16N4O4S/c1-3-15-5-6-17(13,14)12-7-9-8(11-10-7)16-4-2/h3-6H2,1-2H3,(H2,9,10,11,12). The molecular weight excluding hydrogens is 248 g/mol. The van der Waals surface area contributed by atoms with Gasteiger partial charge in [0.25, 0.3) is 0 Å². The number of hydrogen-bond acceptors (Lipinski definition) is 6. The highest BCUT2D eigenvalue weighted by Gasteiger charge is 2.13. The molecule has 0 bridgehead atoms. The van der Waals surface area contributed by atoms with E-state index in [1.165, 1.54) is 0 Å². The van der Waals surface area contributed by atoms with Gasteiger partial charge in [0.2, 0.25) is 16.0 Å². The second-order valence-corrected chi connectivity index (χ2v) is 4.86. The second-order valence-electron chi connectivity index (χ2n) is 3.02. The van der Waals surface area contributed by atoms with Crippen LogP contribution in [0.3, 0.4) is 0 Å². The van der Waals surface area contributed by atoms with Crippen molar-refractivity contribution in [1.29, 1.82) is 0 Å². The number of hydrogen-bond donors (Lipinski definition) is 2. The van der Waals surface area contributed by atoms with Crippen LogP contribution >= 0.6 is 0 Å². The number of ether oxygens (including phenoxy) is 2. The van der Waals surface area contributed by atoms with Gasteiger partial charge >= 0.3 is 6.01 Å². The van der Waals surface area contributed by atoms with Crippen molar-refractivity contribution in [3.05, 3.63) is 0 Å². The predicted octanol–water partition coefficient (Wildman–Crippen LogP) is -0.0184. The Hall–Kier alpha value is -1.35. The number of anilines is 1. The summed E-state index contributed by atoms with van der Waals surface area (Å²) in [6, 6.07) is 0.106. The molecule has 2 N–H and O–H groups in total. The van der Waals surface area contributed by atoms with Crippen molar-refractivity contribution in [3.8, 4) is 6.01 Å². The van der Waals surface area contributed by atoms with Crippen LogP contribution in [0.15, 0.2) is 0 Å². The maximum atomic E-state index is 11.5. The normalized spacial score (nSPS) is 11.4. The fourth-order valence-corrected chi connectivity index (χ4v) is 1.82. The number of H-pyrrole nitrogens is 1. The Kier molecular flexibility index (Phi) is 5.16. The van der Waals surface area contributed by atoms with Gasteiger partial charge in [0.1, 0.15) is 0 Å². The molecule has 0 atom stereocenters. The highest BCUT2D eigenvalue weighted by Crippen LogP contribution is 2.07. The van der Waals surface area contributed by atoms with Crippen LogP contribution in [0.25, 0.3) is 0 Å². The van der Waals surface area contributed by atoms with Crippen molar-refractivity contribution in [1.82, 2.24) is 15.2 Å². The zero-order chi connectivity index (χ0) is 12.7. The zero-order valence-corrected chi connectivity index (χ0v) is 10.6. The molecule has 9 heteroatoms. The van der Waals surface area contributed by atoms with Crippen molar-refractivity contribution in [2.24, 2.45) is 0 Å². The van der Waals surface area contributed by atoms with Gasteiger partial charge in [-0.2, -0.15) is 4.98 Å². The molecule has 8 nitrogen and oxygen atoms in total.